The highest BCUT2D eigenvalue weighted by atomic mass is 35.5. The first-order chi connectivity index (χ1) is 8.73. The fourth-order valence-corrected chi connectivity index (χ4v) is 2.13. The molecule has 0 radical (unpaired) electrons. The average Bonchev–Trinajstić information content (AvgIpc) is 2.26. The lowest BCUT2D eigenvalue weighted by Crippen LogP contribution is -2.30. The Kier molecular flexibility index (Phi) is 3.27. The molecule has 19 heavy (non-hydrogen) atoms. The minimum absolute atomic E-state index is 0.110. The molecule has 0 fully saturated rings. The Morgan fingerprint density at radius 3 is 2.58 bits per heavy atom. The summed E-state index contributed by atoms with van der Waals surface area (Å²) in [6.07, 6.45) is -5.53. The van der Waals surface area contributed by atoms with E-state index in [2.05, 4.69) is 4.98 Å². The van der Waals surface area contributed by atoms with Crippen molar-refractivity contribution < 1.29 is 13.2 Å². The normalized spacial score (nSPS) is 13.8. The summed E-state index contributed by atoms with van der Waals surface area (Å²) in [5, 5.41) is -0.775. The second kappa shape index (κ2) is 4.50. The van der Waals surface area contributed by atoms with Gasteiger partial charge in [0.1, 0.15) is 0 Å². The second-order valence-corrected chi connectivity index (χ2v) is 4.33. The summed E-state index contributed by atoms with van der Waals surface area (Å²) in [4.78, 5) is 15.9. The molecular weight excluding hydrogens is 283 g/mol. The van der Waals surface area contributed by atoms with Crippen molar-refractivity contribution in [3.05, 3.63) is 39.4 Å². The Morgan fingerprint density at radius 2 is 2.05 bits per heavy atom. The minimum Gasteiger partial charge on any atom is -0.311 e. The minimum atomic E-state index is -4.65. The molecule has 1 atom stereocenters. The topological polar surface area (TPSA) is 60.9 Å². The van der Waals surface area contributed by atoms with Crippen LogP contribution >= 0.6 is 11.6 Å². The molecule has 1 unspecified atom stereocenters. The van der Waals surface area contributed by atoms with Crippen LogP contribution in [0, 0.1) is 0 Å². The van der Waals surface area contributed by atoms with Crippen LogP contribution in [0.5, 0.6) is 0 Å². The molecule has 1 heterocycles. The van der Waals surface area contributed by atoms with Crippen molar-refractivity contribution in [2.75, 3.05) is 0 Å². The number of benzene rings is 1. The van der Waals surface area contributed by atoms with E-state index < -0.39 is 28.9 Å². The lowest BCUT2D eigenvalue weighted by molar-refractivity contribution is -0.136. The van der Waals surface area contributed by atoms with E-state index in [1.165, 1.54) is 19.1 Å². The molecule has 4 nitrogen and oxygen atoms in total. The molecule has 0 spiro atoms. The fourth-order valence-electron chi connectivity index (χ4n) is 1.80. The number of hydrogen-bond donors (Lipinski definition) is 1. The van der Waals surface area contributed by atoms with Gasteiger partial charge in [-0.15, -0.1) is 0 Å². The van der Waals surface area contributed by atoms with E-state index >= 15 is 0 Å². The van der Waals surface area contributed by atoms with Crippen LogP contribution in [0.4, 0.5) is 13.2 Å². The molecular formula is C11H9ClF3N3O. The molecule has 2 rings (SSSR count). The van der Waals surface area contributed by atoms with Crippen LogP contribution in [0.3, 0.4) is 0 Å². The van der Waals surface area contributed by atoms with Gasteiger partial charge in [-0.25, -0.2) is 4.98 Å². The zero-order chi connectivity index (χ0) is 14.4. The molecule has 0 amide bonds. The smallest absolute Gasteiger partial charge is 0.311 e. The first-order valence-corrected chi connectivity index (χ1v) is 5.65. The van der Waals surface area contributed by atoms with E-state index in [1.54, 1.807) is 0 Å². The standard InChI is InChI=1S/C11H9ClF3N3O/c1-5(16)18-9(19)8-6(11(13,14)15)3-2-4-7(8)17-10(18)12/h2-5H,16H2,1H3. The summed E-state index contributed by atoms with van der Waals surface area (Å²) >= 11 is 5.76. The molecule has 8 heteroatoms. The van der Waals surface area contributed by atoms with Crippen LogP contribution in [0.25, 0.3) is 10.9 Å². The Morgan fingerprint density at radius 1 is 1.42 bits per heavy atom. The third-order valence-electron chi connectivity index (χ3n) is 2.60. The zero-order valence-corrected chi connectivity index (χ0v) is 10.5. The van der Waals surface area contributed by atoms with Crippen molar-refractivity contribution >= 4 is 22.5 Å². The van der Waals surface area contributed by atoms with Crippen LogP contribution in [0.2, 0.25) is 5.28 Å². The second-order valence-electron chi connectivity index (χ2n) is 3.99. The van der Waals surface area contributed by atoms with E-state index in [0.29, 0.717) is 0 Å². The van der Waals surface area contributed by atoms with Crippen molar-refractivity contribution in [1.82, 2.24) is 9.55 Å². The zero-order valence-electron chi connectivity index (χ0n) is 9.70. The number of alkyl halides is 3. The summed E-state index contributed by atoms with van der Waals surface area (Å²) in [7, 11) is 0. The molecule has 0 aliphatic rings. The van der Waals surface area contributed by atoms with Crippen LogP contribution < -0.4 is 11.3 Å². The van der Waals surface area contributed by atoms with Crippen molar-refractivity contribution in [3.8, 4) is 0 Å². The fraction of sp³-hybridized carbons (Fsp3) is 0.273. The van der Waals surface area contributed by atoms with Crippen molar-refractivity contribution in [2.24, 2.45) is 5.73 Å². The Labute approximate surface area is 110 Å². The van der Waals surface area contributed by atoms with Gasteiger partial charge in [-0.1, -0.05) is 6.07 Å². The Balaban J connectivity index is 2.98. The summed E-state index contributed by atoms with van der Waals surface area (Å²) in [5.74, 6) is 0. The highest BCUT2D eigenvalue weighted by molar-refractivity contribution is 6.28. The van der Waals surface area contributed by atoms with Gasteiger partial charge in [0.25, 0.3) is 5.56 Å². The van der Waals surface area contributed by atoms with E-state index in [1.807, 2.05) is 0 Å². The molecule has 0 aliphatic carbocycles. The summed E-state index contributed by atoms with van der Waals surface area (Å²) in [5.41, 5.74) is 3.46. The Hall–Kier alpha value is -1.60. The van der Waals surface area contributed by atoms with Crippen LogP contribution in [-0.2, 0) is 6.18 Å². The first-order valence-electron chi connectivity index (χ1n) is 5.27. The SMILES string of the molecule is CC(N)n1c(Cl)nc2cccc(C(F)(F)F)c2c1=O. The predicted molar refractivity (Wildman–Crippen MR) is 64.9 cm³/mol. The number of hydrogen-bond acceptors (Lipinski definition) is 3. The van der Waals surface area contributed by atoms with Gasteiger partial charge >= 0.3 is 6.18 Å². The molecule has 0 saturated carbocycles. The number of halogens is 4. The molecule has 2 N–H and O–H groups in total. The first kappa shape index (κ1) is 13.8. The molecule has 0 aliphatic heterocycles. The summed E-state index contributed by atoms with van der Waals surface area (Å²) in [6, 6.07) is 3.29. The van der Waals surface area contributed by atoms with Gasteiger partial charge in [0.05, 0.1) is 22.6 Å². The highest BCUT2D eigenvalue weighted by Gasteiger charge is 2.34. The summed E-state index contributed by atoms with van der Waals surface area (Å²) in [6.45, 7) is 1.43. The maximum atomic E-state index is 12.9. The van der Waals surface area contributed by atoms with Crippen LogP contribution in [0.15, 0.2) is 23.0 Å². The van der Waals surface area contributed by atoms with E-state index in [-0.39, 0.29) is 10.8 Å². The van der Waals surface area contributed by atoms with Gasteiger partial charge in [-0.3, -0.25) is 9.36 Å². The van der Waals surface area contributed by atoms with Gasteiger partial charge in [-0.05, 0) is 30.7 Å². The van der Waals surface area contributed by atoms with Gasteiger partial charge in [-0.2, -0.15) is 13.2 Å². The molecule has 0 bridgehead atoms. The van der Waals surface area contributed by atoms with Crippen molar-refractivity contribution in [3.63, 3.8) is 0 Å². The number of fused-ring (bicyclic) bond motifs is 1. The highest BCUT2D eigenvalue weighted by Crippen LogP contribution is 2.33. The van der Waals surface area contributed by atoms with Gasteiger partial charge < -0.3 is 5.73 Å². The number of nitrogens with zero attached hydrogens (tertiary/aromatic N) is 2. The molecule has 0 saturated heterocycles. The van der Waals surface area contributed by atoms with Crippen LogP contribution in [-0.4, -0.2) is 9.55 Å². The maximum absolute atomic E-state index is 12.9. The molecule has 102 valence electrons. The van der Waals surface area contributed by atoms with E-state index in [0.717, 1.165) is 10.6 Å². The molecule has 1 aromatic heterocycles. The van der Waals surface area contributed by atoms with E-state index in [4.69, 9.17) is 17.3 Å². The van der Waals surface area contributed by atoms with Gasteiger partial charge in [0.15, 0.2) is 0 Å². The largest absolute Gasteiger partial charge is 0.417 e. The summed E-state index contributed by atoms with van der Waals surface area (Å²) < 4.78 is 39.5. The van der Waals surface area contributed by atoms with E-state index in [9.17, 15) is 18.0 Å². The van der Waals surface area contributed by atoms with Gasteiger partial charge in [0, 0.05) is 0 Å². The predicted octanol–water partition coefficient (Wildman–Crippen LogP) is 2.55. The lowest BCUT2D eigenvalue weighted by Gasteiger charge is -2.15. The lowest BCUT2D eigenvalue weighted by atomic mass is 10.1. The maximum Gasteiger partial charge on any atom is 0.417 e. The van der Waals surface area contributed by atoms with Gasteiger partial charge in [0.2, 0.25) is 5.28 Å². The molecule has 2 aromatic rings. The number of aromatic nitrogens is 2. The third-order valence-corrected chi connectivity index (χ3v) is 2.87. The number of nitrogens with two attached hydrogens (primary N) is 1. The molecule has 1 aromatic carbocycles. The monoisotopic (exact) mass is 291 g/mol. The third kappa shape index (κ3) is 2.31. The quantitative estimate of drug-likeness (QED) is 0.821. The van der Waals surface area contributed by atoms with Crippen LogP contribution in [0.1, 0.15) is 18.7 Å². The average molecular weight is 292 g/mol. The van der Waals surface area contributed by atoms with Crippen molar-refractivity contribution in [2.45, 2.75) is 19.3 Å². The number of rotatable bonds is 1. The Bertz CT molecular complexity index is 694. The van der Waals surface area contributed by atoms with Crippen molar-refractivity contribution in [1.29, 1.82) is 0 Å².